The Hall–Kier alpha value is -4.37. The Labute approximate surface area is 200 Å². The number of carboxylic acid groups (broad SMARTS) is 1. The van der Waals surface area contributed by atoms with E-state index in [2.05, 4.69) is 15.8 Å². The molecule has 0 aliphatic heterocycles. The van der Waals surface area contributed by atoms with Gasteiger partial charge < -0.3 is 19.9 Å². The van der Waals surface area contributed by atoms with Crippen LogP contribution in [0.15, 0.2) is 65.8 Å². The minimum Gasteiger partial charge on any atom is -0.493 e. The average Bonchev–Trinajstić information content (AvgIpc) is 2.83. The molecule has 0 unspecified atom stereocenters. The number of methoxy groups -OCH3 is 2. The van der Waals surface area contributed by atoms with Gasteiger partial charge in [-0.15, -0.1) is 0 Å². The summed E-state index contributed by atoms with van der Waals surface area (Å²) in [5.74, 6) is -1.90. The smallest absolute Gasteiger partial charge is 0.340 e. The van der Waals surface area contributed by atoms with Gasteiger partial charge in [-0.05, 0) is 48.5 Å². The van der Waals surface area contributed by atoms with Crippen LogP contribution in [0.5, 0.6) is 11.5 Å². The summed E-state index contributed by atoms with van der Waals surface area (Å²) in [7, 11) is 2.72. The molecule has 3 aromatic carbocycles. The highest BCUT2D eigenvalue weighted by molar-refractivity contribution is 6.31. The first-order chi connectivity index (χ1) is 16.3. The average molecular weight is 482 g/mol. The summed E-state index contributed by atoms with van der Waals surface area (Å²) in [6.45, 7) is 0. The van der Waals surface area contributed by atoms with Gasteiger partial charge in [0, 0.05) is 27.4 Å². The molecule has 3 aromatic rings. The number of carboxylic acids is 1. The maximum absolute atomic E-state index is 12.5. The Kier molecular flexibility index (Phi) is 7.83. The van der Waals surface area contributed by atoms with Gasteiger partial charge in [-0.25, -0.2) is 10.2 Å². The molecule has 0 atom stereocenters. The van der Waals surface area contributed by atoms with E-state index in [1.54, 1.807) is 36.4 Å². The Morgan fingerprint density at radius 3 is 2.29 bits per heavy atom. The van der Waals surface area contributed by atoms with Crippen LogP contribution in [0.2, 0.25) is 5.02 Å². The topological polar surface area (TPSA) is 126 Å². The molecule has 0 fully saturated rings. The van der Waals surface area contributed by atoms with Crippen LogP contribution in [-0.2, 0) is 0 Å². The summed E-state index contributed by atoms with van der Waals surface area (Å²) in [5.41, 5.74) is 3.37. The van der Waals surface area contributed by atoms with E-state index in [1.165, 1.54) is 44.7 Å². The van der Waals surface area contributed by atoms with Crippen molar-refractivity contribution in [2.45, 2.75) is 0 Å². The van der Waals surface area contributed by atoms with Crippen molar-refractivity contribution in [1.29, 1.82) is 0 Å². The van der Waals surface area contributed by atoms with Gasteiger partial charge in [-0.3, -0.25) is 9.59 Å². The number of nitrogens with zero attached hydrogens (tertiary/aromatic N) is 1. The number of carbonyl (C=O) groups is 3. The fourth-order valence-corrected chi connectivity index (χ4v) is 3.26. The molecule has 9 nitrogen and oxygen atoms in total. The molecule has 0 aliphatic carbocycles. The zero-order valence-corrected chi connectivity index (χ0v) is 18.9. The van der Waals surface area contributed by atoms with Crippen LogP contribution in [0.1, 0.15) is 36.6 Å². The number of nitrogens with one attached hydrogen (secondary N) is 2. The van der Waals surface area contributed by atoms with Crippen molar-refractivity contribution < 1.29 is 29.0 Å². The third-order valence-corrected chi connectivity index (χ3v) is 4.87. The van der Waals surface area contributed by atoms with Crippen molar-refractivity contribution in [3.63, 3.8) is 0 Å². The zero-order chi connectivity index (χ0) is 24.7. The molecule has 0 bridgehead atoms. The molecule has 10 heteroatoms. The minimum atomic E-state index is -1.24. The molecular weight excluding hydrogens is 462 g/mol. The van der Waals surface area contributed by atoms with Crippen LogP contribution in [0, 0.1) is 0 Å². The van der Waals surface area contributed by atoms with Gasteiger partial charge in [-0.2, -0.15) is 5.10 Å². The lowest BCUT2D eigenvalue weighted by atomic mass is 10.1. The molecule has 3 rings (SSSR count). The number of carbonyl (C=O) groups excluding carboxylic acids is 2. The molecule has 174 valence electrons. The lowest BCUT2D eigenvalue weighted by Gasteiger charge is -2.12. The monoisotopic (exact) mass is 481 g/mol. The van der Waals surface area contributed by atoms with E-state index in [0.717, 1.165) is 0 Å². The van der Waals surface area contributed by atoms with Crippen molar-refractivity contribution in [1.82, 2.24) is 5.43 Å². The number of aromatic carboxylic acids is 1. The van der Waals surface area contributed by atoms with Crippen LogP contribution >= 0.6 is 11.6 Å². The molecular formula is C24H20ClN3O6. The number of amides is 2. The van der Waals surface area contributed by atoms with Gasteiger partial charge in [0.1, 0.15) is 5.56 Å². The quantitative estimate of drug-likeness (QED) is 0.329. The number of ether oxygens (including phenoxy) is 2. The van der Waals surface area contributed by atoms with Crippen LogP contribution in [-0.4, -0.2) is 43.3 Å². The predicted molar refractivity (Wildman–Crippen MR) is 127 cm³/mol. The van der Waals surface area contributed by atoms with E-state index in [9.17, 15) is 19.5 Å². The van der Waals surface area contributed by atoms with E-state index >= 15 is 0 Å². The summed E-state index contributed by atoms with van der Waals surface area (Å²) in [5, 5.41) is 16.5. The molecule has 0 radical (unpaired) electrons. The highest BCUT2D eigenvalue weighted by atomic mass is 35.5. The van der Waals surface area contributed by atoms with E-state index in [-0.39, 0.29) is 34.1 Å². The number of hydrogen-bond acceptors (Lipinski definition) is 6. The fraction of sp³-hybridized carbons (Fsp3) is 0.0833. The molecule has 0 spiro atoms. The first kappa shape index (κ1) is 24.3. The minimum absolute atomic E-state index is 0.0356. The number of hydrogen-bond donors (Lipinski definition) is 3. The van der Waals surface area contributed by atoms with Crippen LogP contribution in [0.4, 0.5) is 5.69 Å². The Morgan fingerprint density at radius 2 is 1.65 bits per heavy atom. The van der Waals surface area contributed by atoms with Gasteiger partial charge in [0.25, 0.3) is 11.8 Å². The van der Waals surface area contributed by atoms with Crippen molar-refractivity contribution in [2.75, 3.05) is 19.5 Å². The second-order valence-corrected chi connectivity index (χ2v) is 7.25. The second kappa shape index (κ2) is 11.0. The Morgan fingerprint density at radius 1 is 0.941 bits per heavy atom. The van der Waals surface area contributed by atoms with E-state index < -0.39 is 11.9 Å². The Balaban J connectivity index is 1.73. The number of halogens is 1. The number of benzene rings is 3. The van der Waals surface area contributed by atoms with Crippen molar-refractivity contribution >= 4 is 41.3 Å². The molecule has 0 heterocycles. The largest absolute Gasteiger partial charge is 0.493 e. The fourth-order valence-electron chi connectivity index (χ4n) is 3.07. The van der Waals surface area contributed by atoms with Crippen molar-refractivity contribution in [3.05, 3.63) is 87.9 Å². The maximum atomic E-state index is 12.5. The van der Waals surface area contributed by atoms with Gasteiger partial charge in [0.2, 0.25) is 0 Å². The normalized spacial score (nSPS) is 10.6. The standard InChI is InChI=1S/C24H20ClN3O6/c1-33-19-10-9-16(20(24(31)32)21(19)34-2)13-26-28-23(30)15-6-4-8-18(12-15)27-22(29)14-5-3-7-17(25)11-14/h3-13H,1-2H3,(H,27,29)(H,28,30)(H,31,32). The third-order valence-electron chi connectivity index (χ3n) is 4.63. The molecule has 0 aliphatic rings. The van der Waals surface area contributed by atoms with Gasteiger partial charge in [0.05, 0.1) is 20.4 Å². The molecule has 0 saturated heterocycles. The highest BCUT2D eigenvalue weighted by Crippen LogP contribution is 2.32. The first-order valence-electron chi connectivity index (χ1n) is 9.82. The predicted octanol–water partition coefficient (Wildman–Crippen LogP) is 4.07. The number of anilines is 1. The lowest BCUT2D eigenvalue weighted by Crippen LogP contribution is -2.18. The number of hydrazone groups is 1. The maximum Gasteiger partial charge on any atom is 0.340 e. The van der Waals surface area contributed by atoms with E-state index in [0.29, 0.717) is 16.3 Å². The van der Waals surface area contributed by atoms with Crippen LogP contribution < -0.4 is 20.2 Å². The second-order valence-electron chi connectivity index (χ2n) is 6.81. The highest BCUT2D eigenvalue weighted by Gasteiger charge is 2.20. The van der Waals surface area contributed by atoms with Crippen LogP contribution in [0.25, 0.3) is 0 Å². The summed E-state index contributed by atoms with van der Waals surface area (Å²) in [4.78, 5) is 36.6. The molecule has 34 heavy (non-hydrogen) atoms. The molecule has 0 aromatic heterocycles. The van der Waals surface area contributed by atoms with Crippen LogP contribution in [0.3, 0.4) is 0 Å². The first-order valence-corrected chi connectivity index (χ1v) is 10.2. The molecule has 2 amide bonds. The van der Waals surface area contributed by atoms with Crippen molar-refractivity contribution in [3.8, 4) is 11.5 Å². The summed E-state index contributed by atoms with van der Waals surface area (Å²) in [6.07, 6.45) is 1.19. The van der Waals surface area contributed by atoms with E-state index in [1.807, 2.05) is 0 Å². The van der Waals surface area contributed by atoms with E-state index in [4.69, 9.17) is 21.1 Å². The SMILES string of the molecule is COc1ccc(C=NNC(=O)c2cccc(NC(=O)c3cccc(Cl)c3)c2)c(C(=O)O)c1OC. The van der Waals surface area contributed by atoms with Gasteiger partial charge >= 0.3 is 5.97 Å². The molecule has 0 saturated carbocycles. The van der Waals surface area contributed by atoms with Gasteiger partial charge in [0.15, 0.2) is 11.5 Å². The molecule has 3 N–H and O–H groups in total. The van der Waals surface area contributed by atoms with Crippen molar-refractivity contribution in [2.24, 2.45) is 5.10 Å². The summed E-state index contributed by atoms with van der Waals surface area (Å²) >= 11 is 5.92. The third kappa shape index (κ3) is 5.70. The number of rotatable bonds is 8. The van der Waals surface area contributed by atoms with Gasteiger partial charge in [-0.1, -0.05) is 23.7 Å². The summed E-state index contributed by atoms with van der Waals surface area (Å²) < 4.78 is 10.3. The zero-order valence-electron chi connectivity index (χ0n) is 18.2. The Bertz CT molecular complexity index is 1280. The lowest BCUT2D eigenvalue weighted by molar-refractivity contribution is 0.0692. The summed E-state index contributed by atoms with van der Waals surface area (Å²) in [6, 6.07) is 15.7.